The molecule has 2 heterocycles. The number of aryl methyl sites for hydroxylation is 3. The lowest BCUT2D eigenvalue weighted by molar-refractivity contribution is -0.144. The molecule has 3 aromatic rings. The number of rotatable bonds is 7. The van der Waals surface area contributed by atoms with E-state index in [4.69, 9.17) is 0 Å². The summed E-state index contributed by atoms with van der Waals surface area (Å²) in [7, 11) is 1.54. The molecule has 14 heteroatoms. The summed E-state index contributed by atoms with van der Waals surface area (Å²) in [6.45, 7) is 5.04. The van der Waals surface area contributed by atoms with Gasteiger partial charge in [0.25, 0.3) is 5.95 Å². The lowest BCUT2D eigenvalue weighted by Crippen LogP contribution is -2.34. The molecular weight excluding hydrogens is 602 g/mol. The number of fused-ring (bicyclic) bond motifs is 1. The van der Waals surface area contributed by atoms with Crippen LogP contribution in [0.25, 0.3) is 0 Å². The molecule has 1 aliphatic carbocycles. The van der Waals surface area contributed by atoms with Crippen molar-refractivity contribution in [3.05, 3.63) is 63.7 Å². The van der Waals surface area contributed by atoms with E-state index in [1.54, 1.807) is 4.90 Å². The number of halogens is 6. The lowest BCUT2D eigenvalue weighted by atomic mass is 9.81. The Hall–Kier alpha value is -3.84. The third-order valence-electron chi connectivity index (χ3n) is 8.86. The van der Waals surface area contributed by atoms with Crippen LogP contribution in [0.5, 0.6) is 0 Å². The van der Waals surface area contributed by atoms with Crippen LogP contribution in [0.15, 0.2) is 30.3 Å². The van der Waals surface area contributed by atoms with Crippen LogP contribution < -0.4 is 9.80 Å². The first-order chi connectivity index (χ1) is 21.1. The van der Waals surface area contributed by atoms with Gasteiger partial charge in [-0.05, 0) is 98.4 Å². The number of hydrogen-bond donors (Lipinski definition) is 1. The zero-order valence-electron chi connectivity index (χ0n) is 25.3. The molecule has 5 rings (SSSR count). The van der Waals surface area contributed by atoms with Gasteiger partial charge in [-0.3, -0.25) is 4.79 Å². The van der Waals surface area contributed by atoms with E-state index in [1.165, 1.54) is 11.8 Å². The topological polar surface area (TPSA) is 87.4 Å². The highest BCUT2D eigenvalue weighted by molar-refractivity contribution is 5.70. The molecule has 8 nitrogen and oxygen atoms in total. The molecule has 244 valence electrons. The number of alkyl halides is 6. The molecule has 1 aliphatic heterocycles. The highest BCUT2D eigenvalue weighted by Crippen LogP contribution is 2.43. The van der Waals surface area contributed by atoms with Crippen molar-refractivity contribution in [1.29, 1.82) is 0 Å². The van der Waals surface area contributed by atoms with E-state index in [1.807, 2.05) is 19.9 Å². The summed E-state index contributed by atoms with van der Waals surface area (Å²) in [4.78, 5) is 16.6. The Morgan fingerprint density at radius 1 is 0.956 bits per heavy atom. The van der Waals surface area contributed by atoms with Gasteiger partial charge in [-0.25, -0.2) is 0 Å². The number of carboxylic acid groups (broad SMARTS) is 1. The zero-order valence-corrected chi connectivity index (χ0v) is 25.3. The monoisotopic (exact) mass is 638 g/mol. The number of carboxylic acids is 1. The molecule has 45 heavy (non-hydrogen) atoms. The van der Waals surface area contributed by atoms with Gasteiger partial charge in [0.05, 0.1) is 30.1 Å². The number of hydrogen-bond acceptors (Lipinski definition) is 6. The molecule has 0 spiro atoms. The summed E-state index contributed by atoms with van der Waals surface area (Å²) in [5, 5.41) is 21.8. The van der Waals surface area contributed by atoms with Crippen molar-refractivity contribution in [2.45, 2.75) is 77.3 Å². The van der Waals surface area contributed by atoms with Crippen molar-refractivity contribution >= 4 is 17.6 Å². The molecule has 0 saturated heterocycles. The molecule has 1 fully saturated rings. The zero-order chi connectivity index (χ0) is 32.7. The summed E-state index contributed by atoms with van der Waals surface area (Å²) in [5.74, 6) is -0.690. The summed E-state index contributed by atoms with van der Waals surface area (Å²) in [6.07, 6.45) is -5.87. The number of anilines is 2. The van der Waals surface area contributed by atoms with Gasteiger partial charge in [0.15, 0.2) is 0 Å². The van der Waals surface area contributed by atoms with Gasteiger partial charge in [-0.2, -0.15) is 31.1 Å². The Labute approximate surface area is 257 Å². The van der Waals surface area contributed by atoms with Crippen molar-refractivity contribution in [3.63, 3.8) is 0 Å². The van der Waals surface area contributed by atoms with Crippen LogP contribution in [0.4, 0.5) is 38.0 Å². The maximum absolute atomic E-state index is 13.7. The largest absolute Gasteiger partial charge is 0.481 e. The molecular formula is C31H36F6N6O2. The molecule has 2 aliphatic rings. The number of aromatic nitrogens is 4. The fourth-order valence-corrected chi connectivity index (χ4v) is 6.85. The second-order valence-corrected chi connectivity index (χ2v) is 12.3. The van der Waals surface area contributed by atoms with Gasteiger partial charge in [-0.1, -0.05) is 22.8 Å². The molecule has 0 amide bonds. The predicted octanol–water partition coefficient (Wildman–Crippen LogP) is 7.10. The van der Waals surface area contributed by atoms with E-state index >= 15 is 0 Å². The summed E-state index contributed by atoms with van der Waals surface area (Å²) >= 11 is 0. The van der Waals surface area contributed by atoms with Crippen molar-refractivity contribution in [2.24, 2.45) is 18.9 Å². The first kappa shape index (κ1) is 32.6. The number of aliphatic carboxylic acids is 1. The Morgan fingerprint density at radius 2 is 1.60 bits per heavy atom. The second kappa shape index (κ2) is 12.5. The highest BCUT2D eigenvalue weighted by atomic mass is 19.4. The predicted molar refractivity (Wildman–Crippen MR) is 155 cm³/mol. The molecule has 1 aromatic heterocycles. The van der Waals surface area contributed by atoms with Gasteiger partial charge in [0.2, 0.25) is 0 Å². The quantitative estimate of drug-likeness (QED) is 0.276. The van der Waals surface area contributed by atoms with Crippen LogP contribution in [0.3, 0.4) is 0 Å². The summed E-state index contributed by atoms with van der Waals surface area (Å²) in [6, 6.07) is 5.23. The highest BCUT2D eigenvalue weighted by Gasteiger charge is 2.38. The SMILES string of the molecule is Cc1cc(C)c2c(c1)[C@H](N(Cc1cc(C(F)(F)F)cc(C(F)(F)F)c1)c1nnn(C)n1)CCCN2CC1CCC(C(=O)O)CC1. The van der Waals surface area contributed by atoms with Crippen molar-refractivity contribution in [1.82, 2.24) is 20.2 Å². The molecule has 0 unspecified atom stereocenters. The molecule has 0 radical (unpaired) electrons. The Kier molecular flexibility index (Phi) is 9.05. The molecule has 1 saturated carbocycles. The minimum Gasteiger partial charge on any atom is -0.481 e. The van der Waals surface area contributed by atoms with Crippen LogP contribution in [0.2, 0.25) is 0 Å². The minimum atomic E-state index is -4.97. The maximum Gasteiger partial charge on any atom is 0.416 e. The lowest BCUT2D eigenvalue weighted by Gasteiger charge is -2.36. The molecule has 2 aromatic carbocycles. The van der Waals surface area contributed by atoms with E-state index in [0.717, 1.165) is 53.9 Å². The summed E-state index contributed by atoms with van der Waals surface area (Å²) in [5.41, 5.74) is 0.892. The molecule has 1 N–H and O–H groups in total. The van der Waals surface area contributed by atoms with Gasteiger partial charge < -0.3 is 14.9 Å². The fraction of sp³-hybridized carbons (Fsp3) is 0.548. The van der Waals surface area contributed by atoms with Crippen LogP contribution in [0, 0.1) is 25.7 Å². The van der Waals surface area contributed by atoms with E-state index in [9.17, 15) is 36.2 Å². The Morgan fingerprint density at radius 3 is 2.16 bits per heavy atom. The van der Waals surface area contributed by atoms with Crippen LogP contribution in [-0.4, -0.2) is 44.4 Å². The molecule has 0 bridgehead atoms. The smallest absolute Gasteiger partial charge is 0.416 e. The third-order valence-corrected chi connectivity index (χ3v) is 8.86. The van der Waals surface area contributed by atoms with Gasteiger partial charge in [0.1, 0.15) is 0 Å². The maximum atomic E-state index is 13.7. The fourth-order valence-electron chi connectivity index (χ4n) is 6.85. The van der Waals surface area contributed by atoms with E-state index < -0.39 is 35.5 Å². The van der Waals surface area contributed by atoms with Crippen LogP contribution >= 0.6 is 0 Å². The Balaban J connectivity index is 1.55. The number of nitrogens with zero attached hydrogens (tertiary/aromatic N) is 6. The van der Waals surface area contributed by atoms with Crippen molar-refractivity contribution in [2.75, 3.05) is 22.9 Å². The van der Waals surface area contributed by atoms with Crippen LogP contribution in [0.1, 0.15) is 77.9 Å². The van der Waals surface area contributed by atoms with Gasteiger partial charge >= 0.3 is 18.3 Å². The first-order valence-electron chi connectivity index (χ1n) is 15.0. The van der Waals surface area contributed by atoms with Crippen LogP contribution in [-0.2, 0) is 30.7 Å². The van der Waals surface area contributed by atoms with E-state index in [-0.39, 0.29) is 30.0 Å². The second-order valence-electron chi connectivity index (χ2n) is 12.3. The average Bonchev–Trinajstić information content (AvgIpc) is 3.30. The van der Waals surface area contributed by atoms with E-state index in [2.05, 4.69) is 26.4 Å². The molecule has 1 atom stereocenters. The standard InChI is InChI=1S/C31H36F6N6O2/c1-18-11-19(2)27-25(12-18)26(5-4-10-42(27)16-20-6-8-22(9-7-20)28(44)45)43(29-38-40-41(3)39-29)17-21-13-23(30(32,33)34)15-24(14-21)31(35,36)37/h11-15,20,22,26H,4-10,16-17H2,1-3H3,(H,44,45)/t20?,22?,26-/m1/s1. The summed E-state index contributed by atoms with van der Waals surface area (Å²) < 4.78 is 82.4. The van der Waals surface area contributed by atoms with Gasteiger partial charge in [-0.15, -0.1) is 5.10 Å². The third kappa shape index (κ3) is 7.36. The van der Waals surface area contributed by atoms with Crippen molar-refractivity contribution < 1.29 is 36.2 Å². The Bertz CT molecular complexity index is 1500. The number of tetrazole rings is 1. The number of carbonyl (C=O) groups is 1. The van der Waals surface area contributed by atoms with E-state index in [0.29, 0.717) is 38.1 Å². The first-order valence-corrected chi connectivity index (χ1v) is 15.0. The average molecular weight is 639 g/mol. The van der Waals surface area contributed by atoms with Crippen molar-refractivity contribution in [3.8, 4) is 0 Å². The van der Waals surface area contributed by atoms with Gasteiger partial charge in [0, 0.05) is 25.3 Å². The number of benzene rings is 2. The minimum absolute atomic E-state index is 0.0963. The normalized spacial score (nSPS) is 20.9.